The maximum Gasteiger partial charge on any atom is 0.187 e. The standard InChI is InChI=1S/C21H52O6Si5/c1-28(2,3)22-16-17-18(24-29(4,5)6)19(25-30(7,8)9)20(26-31(10,11)12)21(23-17)27-32(13,14)15/h17-21H,16H2,1-15H3/t17-,18+,19+,20+,21+/m1/s1. The molecule has 0 aromatic rings. The Hall–Kier alpha value is 0.844. The number of hydrogen-bond acceptors (Lipinski definition) is 6. The van der Waals surface area contributed by atoms with Gasteiger partial charge in [-0.2, -0.15) is 0 Å². The lowest BCUT2D eigenvalue weighted by Gasteiger charge is -2.51. The second-order valence-electron chi connectivity index (χ2n) is 13.8. The molecule has 0 spiro atoms. The number of hydrogen-bond donors (Lipinski definition) is 0. The van der Waals surface area contributed by atoms with Crippen molar-refractivity contribution >= 4 is 41.6 Å². The molecule has 11 heteroatoms. The van der Waals surface area contributed by atoms with Gasteiger partial charge in [-0.25, -0.2) is 0 Å². The van der Waals surface area contributed by atoms with Crippen molar-refractivity contribution in [3.05, 3.63) is 0 Å². The van der Waals surface area contributed by atoms with Crippen LogP contribution in [-0.2, 0) is 26.9 Å². The van der Waals surface area contributed by atoms with Crippen LogP contribution in [0.15, 0.2) is 0 Å². The molecule has 0 amide bonds. The maximum absolute atomic E-state index is 6.85. The average molecular weight is 541 g/mol. The number of ether oxygens (including phenoxy) is 1. The molecule has 0 aromatic heterocycles. The Morgan fingerprint density at radius 1 is 0.469 bits per heavy atom. The van der Waals surface area contributed by atoms with E-state index in [1.54, 1.807) is 0 Å². The van der Waals surface area contributed by atoms with Crippen molar-refractivity contribution in [1.82, 2.24) is 0 Å². The van der Waals surface area contributed by atoms with E-state index >= 15 is 0 Å². The van der Waals surface area contributed by atoms with Crippen molar-refractivity contribution in [2.24, 2.45) is 0 Å². The second-order valence-corrected chi connectivity index (χ2v) is 36.1. The average Bonchev–Trinajstić information content (AvgIpc) is 2.45. The maximum atomic E-state index is 6.85. The van der Waals surface area contributed by atoms with Crippen LogP contribution in [0.1, 0.15) is 0 Å². The minimum Gasteiger partial charge on any atom is -0.415 e. The predicted molar refractivity (Wildman–Crippen MR) is 147 cm³/mol. The Bertz CT molecular complexity index is 586. The summed E-state index contributed by atoms with van der Waals surface area (Å²) < 4.78 is 39.9. The monoisotopic (exact) mass is 540 g/mol. The molecule has 0 saturated carbocycles. The third-order valence-electron chi connectivity index (χ3n) is 4.21. The molecular formula is C21H52O6Si5. The smallest absolute Gasteiger partial charge is 0.187 e. The van der Waals surface area contributed by atoms with E-state index in [1.165, 1.54) is 0 Å². The molecule has 1 fully saturated rings. The molecule has 0 N–H and O–H groups in total. The highest BCUT2D eigenvalue weighted by atomic mass is 28.4. The summed E-state index contributed by atoms with van der Waals surface area (Å²) in [7, 11) is -9.37. The fraction of sp³-hybridized carbons (Fsp3) is 1.00. The zero-order valence-corrected chi connectivity index (χ0v) is 28.5. The van der Waals surface area contributed by atoms with E-state index in [0.29, 0.717) is 6.61 Å². The van der Waals surface area contributed by atoms with Gasteiger partial charge in [0.25, 0.3) is 0 Å². The van der Waals surface area contributed by atoms with Gasteiger partial charge < -0.3 is 26.9 Å². The van der Waals surface area contributed by atoms with E-state index in [4.69, 9.17) is 26.9 Å². The van der Waals surface area contributed by atoms with E-state index in [0.717, 1.165) is 0 Å². The molecule has 1 heterocycles. The van der Waals surface area contributed by atoms with Gasteiger partial charge in [-0.05, 0) is 98.2 Å². The lowest BCUT2D eigenvalue weighted by Crippen LogP contribution is -2.67. The van der Waals surface area contributed by atoms with E-state index in [9.17, 15) is 0 Å². The predicted octanol–water partition coefficient (Wildman–Crippen LogP) is 6.07. The molecule has 0 aliphatic carbocycles. The summed E-state index contributed by atoms with van der Waals surface area (Å²) in [5.41, 5.74) is 0. The van der Waals surface area contributed by atoms with E-state index in [2.05, 4.69) is 98.2 Å². The van der Waals surface area contributed by atoms with Crippen molar-refractivity contribution < 1.29 is 26.9 Å². The topological polar surface area (TPSA) is 55.4 Å². The zero-order chi connectivity index (χ0) is 25.3. The van der Waals surface area contributed by atoms with Crippen LogP contribution in [0.5, 0.6) is 0 Å². The fourth-order valence-corrected chi connectivity index (χ4v) is 8.21. The molecule has 0 unspecified atom stereocenters. The Labute approximate surface area is 203 Å². The first-order valence-electron chi connectivity index (χ1n) is 12.0. The van der Waals surface area contributed by atoms with Gasteiger partial charge in [0.1, 0.15) is 24.4 Å². The molecular weight excluding hydrogens is 489 g/mol. The summed E-state index contributed by atoms with van der Waals surface area (Å²) in [6.45, 7) is 33.6. The molecule has 0 radical (unpaired) electrons. The summed E-state index contributed by atoms with van der Waals surface area (Å²) >= 11 is 0. The van der Waals surface area contributed by atoms with Crippen LogP contribution in [-0.4, -0.2) is 78.9 Å². The summed E-state index contributed by atoms with van der Waals surface area (Å²) in [6.07, 6.45) is -1.54. The molecule has 0 aromatic carbocycles. The quantitative estimate of drug-likeness (QED) is 0.296. The molecule has 1 aliphatic rings. The third kappa shape index (κ3) is 12.5. The first-order chi connectivity index (χ1) is 14.0. The van der Waals surface area contributed by atoms with Gasteiger partial charge in [0.2, 0.25) is 0 Å². The molecule has 1 aliphatic heterocycles. The van der Waals surface area contributed by atoms with Gasteiger partial charge in [0.15, 0.2) is 47.9 Å². The van der Waals surface area contributed by atoms with E-state index < -0.39 is 47.9 Å². The summed E-state index contributed by atoms with van der Waals surface area (Å²) in [5, 5.41) is 0. The van der Waals surface area contributed by atoms with Crippen molar-refractivity contribution in [3.8, 4) is 0 Å². The largest absolute Gasteiger partial charge is 0.415 e. The van der Waals surface area contributed by atoms with Crippen LogP contribution in [0.3, 0.4) is 0 Å². The summed E-state index contributed by atoms with van der Waals surface area (Å²) in [6, 6.07) is 0. The number of rotatable bonds is 11. The van der Waals surface area contributed by atoms with Crippen LogP contribution in [0, 0.1) is 0 Å². The van der Waals surface area contributed by atoms with Crippen LogP contribution >= 0.6 is 0 Å². The van der Waals surface area contributed by atoms with Crippen LogP contribution in [0.25, 0.3) is 0 Å². The Balaban J connectivity index is 3.50. The molecule has 5 atom stereocenters. The molecule has 32 heavy (non-hydrogen) atoms. The molecule has 192 valence electrons. The van der Waals surface area contributed by atoms with Gasteiger partial charge in [-0.3, -0.25) is 0 Å². The van der Waals surface area contributed by atoms with Crippen LogP contribution in [0.4, 0.5) is 0 Å². The minimum atomic E-state index is -1.92. The van der Waals surface area contributed by atoms with Gasteiger partial charge >= 0.3 is 0 Å². The lowest BCUT2D eigenvalue weighted by molar-refractivity contribution is -0.268. The van der Waals surface area contributed by atoms with Crippen molar-refractivity contribution in [1.29, 1.82) is 0 Å². The minimum absolute atomic E-state index is 0.243. The Kier molecular flexibility index (Phi) is 10.5. The van der Waals surface area contributed by atoms with Crippen molar-refractivity contribution in [2.75, 3.05) is 6.61 Å². The summed E-state index contributed by atoms with van der Waals surface area (Å²) in [5.74, 6) is 0. The van der Waals surface area contributed by atoms with E-state index in [-0.39, 0.29) is 24.4 Å². The zero-order valence-electron chi connectivity index (χ0n) is 23.5. The summed E-state index contributed by atoms with van der Waals surface area (Å²) in [4.78, 5) is 0. The third-order valence-corrected chi connectivity index (χ3v) is 9.12. The second kappa shape index (κ2) is 10.8. The van der Waals surface area contributed by atoms with E-state index in [1.807, 2.05) is 0 Å². The Morgan fingerprint density at radius 2 is 0.844 bits per heavy atom. The highest BCUT2D eigenvalue weighted by Gasteiger charge is 2.52. The van der Waals surface area contributed by atoms with Gasteiger partial charge in [0, 0.05) is 0 Å². The molecule has 1 rings (SSSR count). The van der Waals surface area contributed by atoms with Crippen molar-refractivity contribution in [2.45, 2.75) is 129 Å². The first kappa shape index (κ1) is 30.9. The highest BCUT2D eigenvalue weighted by molar-refractivity contribution is 6.71. The SMILES string of the molecule is C[Si](C)(C)OC[C@H]1O[C@@H](O[Si](C)(C)C)[C@@H](O[Si](C)(C)C)[C@@H](O[Si](C)(C)C)[C@H]1O[Si](C)(C)C. The molecule has 1 saturated heterocycles. The Morgan fingerprint density at radius 3 is 1.22 bits per heavy atom. The molecule has 0 bridgehead atoms. The lowest BCUT2D eigenvalue weighted by atomic mass is 9.99. The first-order valence-corrected chi connectivity index (χ1v) is 29.0. The fourth-order valence-electron chi connectivity index (χ4n) is 3.41. The molecule has 6 nitrogen and oxygen atoms in total. The van der Waals surface area contributed by atoms with Crippen LogP contribution in [0.2, 0.25) is 98.2 Å². The highest BCUT2D eigenvalue weighted by Crippen LogP contribution is 2.35. The van der Waals surface area contributed by atoms with Crippen LogP contribution < -0.4 is 0 Å². The van der Waals surface area contributed by atoms with Gasteiger partial charge in [-0.1, -0.05) is 0 Å². The van der Waals surface area contributed by atoms with Crippen molar-refractivity contribution in [3.63, 3.8) is 0 Å². The normalized spacial score (nSPS) is 28.8. The van der Waals surface area contributed by atoms with Gasteiger partial charge in [0.05, 0.1) is 6.61 Å². The van der Waals surface area contributed by atoms with Gasteiger partial charge in [-0.15, -0.1) is 0 Å².